The molecule has 1 heterocycles. The molecule has 12 heavy (non-hydrogen) atoms. The number of hydrogen-bond donors (Lipinski definition) is 0. The van der Waals surface area contributed by atoms with Crippen molar-refractivity contribution in [1.82, 2.24) is 4.90 Å². The Bertz CT molecular complexity index is 121. The fraction of sp³-hybridized carbons (Fsp3) is 1.00. The van der Waals surface area contributed by atoms with Gasteiger partial charge >= 0.3 is 0 Å². The highest BCUT2D eigenvalue weighted by Gasteiger charge is 2.17. The molecular weight excluding hydrogens is 174 g/mol. The summed E-state index contributed by atoms with van der Waals surface area (Å²) >= 11 is 5.61. The minimum Gasteiger partial charge on any atom is -0.379 e. The number of halogens is 1. The maximum absolute atomic E-state index is 5.61. The van der Waals surface area contributed by atoms with Crippen LogP contribution in [0.1, 0.15) is 19.8 Å². The van der Waals surface area contributed by atoms with Gasteiger partial charge in [0.25, 0.3) is 0 Å². The van der Waals surface area contributed by atoms with Gasteiger partial charge in [0.1, 0.15) is 0 Å². The highest BCUT2D eigenvalue weighted by molar-refractivity contribution is 6.17. The first-order chi connectivity index (χ1) is 5.84. The Morgan fingerprint density at radius 3 is 3.00 bits per heavy atom. The molecule has 0 saturated carbocycles. The number of unbranched alkanes of at least 4 members (excludes halogenated alkanes) is 1. The number of alkyl halides is 1. The molecule has 0 N–H and O–H groups in total. The van der Waals surface area contributed by atoms with Crippen LogP contribution in [-0.4, -0.2) is 43.1 Å². The van der Waals surface area contributed by atoms with Crippen LogP contribution in [0.5, 0.6) is 0 Å². The Labute approximate surface area is 79.8 Å². The Morgan fingerprint density at radius 1 is 1.50 bits per heavy atom. The van der Waals surface area contributed by atoms with E-state index >= 15 is 0 Å². The van der Waals surface area contributed by atoms with Gasteiger partial charge in [0.05, 0.1) is 13.2 Å². The van der Waals surface area contributed by atoms with Crippen molar-refractivity contribution in [2.45, 2.75) is 25.8 Å². The van der Waals surface area contributed by atoms with E-state index in [1.54, 1.807) is 0 Å². The van der Waals surface area contributed by atoms with Gasteiger partial charge in [-0.1, -0.05) is 0 Å². The second-order valence-corrected chi connectivity index (χ2v) is 3.73. The summed E-state index contributed by atoms with van der Waals surface area (Å²) in [6.45, 7) is 6.27. The number of morpholine rings is 1. The predicted octanol–water partition coefficient (Wildman–Crippen LogP) is 1.73. The zero-order valence-electron chi connectivity index (χ0n) is 7.76. The van der Waals surface area contributed by atoms with Crippen molar-refractivity contribution in [2.75, 3.05) is 32.2 Å². The maximum atomic E-state index is 5.61. The Morgan fingerprint density at radius 2 is 2.33 bits per heavy atom. The highest BCUT2D eigenvalue weighted by atomic mass is 35.5. The summed E-state index contributed by atoms with van der Waals surface area (Å²) in [4.78, 5) is 2.48. The Kier molecular flexibility index (Phi) is 4.96. The quantitative estimate of drug-likeness (QED) is 0.496. The van der Waals surface area contributed by atoms with Crippen LogP contribution >= 0.6 is 11.6 Å². The first kappa shape index (κ1) is 10.3. The Hall–Kier alpha value is 0.210. The summed E-state index contributed by atoms with van der Waals surface area (Å²) in [7, 11) is 0. The van der Waals surface area contributed by atoms with Gasteiger partial charge in [-0.2, -0.15) is 0 Å². The molecular formula is C9H18ClNO. The van der Waals surface area contributed by atoms with Gasteiger partial charge in [-0.3, -0.25) is 4.90 Å². The average molecular weight is 192 g/mol. The first-order valence-corrected chi connectivity index (χ1v) is 5.26. The second-order valence-electron chi connectivity index (χ2n) is 3.36. The minimum atomic E-state index is 0.592. The van der Waals surface area contributed by atoms with Crippen LogP contribution in [0.4, 0.5) is 0 Å². The lowest BCUT2D eigenvalue weighted by Crippen LogP contribution is -2.43. The van der Waals surface area contributed by atoms with E-state index in [1.807, 2.05) is 0 Å². The molecule has 0 radical (unpaired) electrons. The molecule has 1 atom stereocenters. The lowest BCUT2D eigenvalue weighted by Gasteiger charge is -2.33. The van der Waals surface area contributed by atoms with E-state index in [0.717, 1.165) is 32.1 Å². The molecule has 1 unspecified atom stereocenters. The number of hydrogen-bond acceptors (Lipinski definition) is 2. The van der Waals surface area contributed by atoms with Crippen molar-refractivity contribution in [1.29, 1.82) is 0 Å². The number of nitrogens with zero attached hydrogens (tertiary/aromatic N) is 1. The van der Waals surface area contributed by atoms with E-state index in [0.29, 0.717) is 6.04 Å². The van der Waals surface area contributed by atoms with Crippen molar-refractivity contribution < 1.29 is 4.74 Å². The third-order valence-electron chi connectivity index (χ3n) is 2.33. The van der Waals surface area contributed by atoms with E-state index in [1.165, 1.54) is 13.0 Å². The topological polar surface area (TPSA) is 12.5 Å². The number of rotatable bonds is 4. The summed E-state index contributed by atoms with van der Waals surface area (Å²) in [6.07, 6.45) is 2.35. The van der Waals surface area contributed by atoms with Crippen LogP contribution in [0.3, 0.4) is 0 Å². The largest absolute Gasteiger partial charge is 0.379 e. The zero-order chi connectivity index (χ0) is 8.81. The second kappa shape index (κ2) is 5.79. The molecule has 0 spiro atoms. The van der Waals surface area contributed by atoms with Gasteiger partial charge in [0.15, 0.2) is 0 Å². The van der Waals surface area contributed by atoms with Gasteiger partial charge < -0.3 is 4.74 Å². The lowest BCUT2D eigenvalue weighted by atomic mass is 10.2. The van der Waals surface area contributed by atoms with Gasteiger partial charge in [-0.05, 0) is 26.3 Å². The smallest absolute Gasteiger partial charge is 0.0619 e. The minimum absolute atomic E-state index is 0.592. The Balaban J connectivity index is 2.11. The van der Waals surface area contributed by atoms with E-state index in [9.17, 15) is 0 Å². The molecule has 72 valence electrons. The van der Waals surface area contributed by atoms with E-state index in [4.69, 9.17) is 16.3 Å². The maximum Gasteiger partial charge on any atom is 0.0619 e. The third-order valence-corrected chi connectivity index (χ3v) is 2.60. The van der Waals surface area contributed by atoms with Gasteiger partial charge in [0.2, 0.25) is 0 Å². The van der Waals surface area contributed by atoms with Crippen molar-refractivity contribution in [2.24, 2.45) is 0 Å². The summed E-state index contributed by atoms with van der Waals surface area (Å²) in [5.41, 5.74) is 0. The van der Waals surface area contributed by atoms with Crippen molar-refractivity contribution >= 4 is 11.6 Å². The van der Waals surface area contributed by atoms with Gasteiger partial charge in [-0.25, -0.2) is 0 Å². The first-order valence-electron chi connectivity index (χ1n) is 4.72. The summed E-state index contributed by atoms with van der Waals surface area (Å²) in [5, 5.41) is 0. The van der Waals surface area contributed by atoms with Crippen LogP contribution < -0.4 is 0 Å². The van der Waals surface area contributed by atoms with Crippen LogP contribution in [0.25, 0.3) is 0 Å². The predicted molar refractivity (Wildman–Crippen MR) is 51.8 cm³/mol. The average Bonchev–Trinajstić information content (AvgIpc) is 2.09. The highest BCUT2D eigenvalue weighted by Crippen LogP contribution is 2.07. The molecule has 1 aliphatic rings. The third kappa shape index (κ3) is 3.30. The molecule has 0 aliphatic carbocycles. The molecule has 0 bridgehead atoms. The van der Waals surface area contributed by atoms with Crippen LogP contribution in [-0.2, 0) is 4.74 Å². The summed E-state index contributed by atoms with van der Waals surface area (Å²) < 4.78 is 5.35. The van der Waals surface area contributed by atoms with Gasteiger partial charge in [-0.15, -0.1) is 11.6 Å². The lowest BCUT2D eigenvalue weighted by molar-refractivity contribution is -0.000691. The molecule has 0 amide bonds. The van der Waals surface area contributed by atoms with Crippen LogP contribution in [0, 0.1) is 0 Å². The van der Waals surface area contributed by atoms with Gasteiger partial charge in [0, 0.05) is 18.5 Å². The van der Waals surface area contributed by atoms with Crippen molar-refractivity contribution in [3.05, 3.63) is 0 Å². The van der Waals surface area contributed by atoms with Crippen molar-refractivity contribution in [3.8, 4) is 0 Å². The fourth-order valence-corrected chi connectivity index (χ4v) is 1.69. The molecule has 0 aromatic rings. The molecule has 1 rings (SSSR count). The van der Waals surface area contributed by atoms with Crippen molar-refractivity contribution in [3.63, 3.8) is 0 Å². The van der Waals surface area contributed by atoms with Crippen LogP contribution in [0.2, 0.25) is 0 Å². The summed E-state index contributed by atoms with van der Waals surface area (Å²) in [5.74, 6) is 0.790. The van der Waals surface area contributed by atoms with E-state index < -0.39 is 0 Å². The van der Waals surface area contributed by atoms with E-state index in [-0.39, 0.29) is 0 Å². The normalized spacial score (nSPS) is 26.0. The molecule has 1 fully saturated rings. The SMILES string of the molecule is CC1COCCN1CCCCCl. The molecule has 1 aliphatic heterocycles. The molecule has 2 nitrogen and oxygen atoms in total. The van der Waals surface area contributed by atoms with Crippen LogP contribution in [0.15, 0.2) is 0 Å². The molecule has 1 saturated heterocycles. The molecule has 0 aromatic carbocycles. The fourth-order valence-electron chi connectivity index (χ4n) is 1.50. The monoisotopic (exact) mass is 191 g/mol. The molecule has 3 heteroatoms. The van der Waals surface area contributed by atoms with E-state index in [2.05, 4.69) is 11.8 Å². The standard InChI is InChI=1S/C9H18ClNO/c1-9-8-12-7-6-11(9)5-3-2-4-10/h9H,2-8H2,1H3. The molecule has 0 aromatic heterocycles. The zero-order valence-corrected chi connectivity index (χ0v) is 8.52. The summed E-state index contributed by atoms with van der Waals surface area (Å²) in [6, 6.07) is 0.592. The number of ether oxygens (including phenoxy) is 1.